The van der Waals surface area contributed by atoms with E-state index in [1.54, 1.807) is 7.05 Å². The molecule has 2 nitrogen and oxygen atoms in total. The third kappa shape index (κ3) is 3.68. The largest absolute Gasteiger partial charge is 0.302 e. The van der Waals surface area contributed by atoms with Crippen LogP contribution in [0.5, 0.6) is 0 Å². The molecule has 0 saturated heterocycles. The molecule has 14 heavy (non-hydrogen) atoms. The summed E-state index contributed by atoms with van der Waals surface area (Å²) in [6, 6.07) is 9.35. The lowest BCUT2D eigenvalue weighted by Gasteiger charge is -2.11. The molecule has 0 spiro atoms. The van der Waals surface area contributed by atoms with Crippen molar-refractivity contribution in [1.29, 1.82) is 0 Å². The normalized spacial score (nSPS) is 12.1. The molecule has 0 N–H and O–H groups in total. The Bertz CT molecular complexity index is 297. The fraction of sp³-hybridized carbons (Fsp3) is 0.273. The van der Waals surface area contributed by atoms with E-state index < -0.39 is 0 Å². The van der Waals surface area contributed by atoms with Gasteiger partial charge in [-0.05, 0) is 11.6 Å². The van der Waals surface area contributed by atoms with Crippen LogP contribution in [-0.2, 0) is 4.84 Å². The zero-order valence-electron chi connectivity index (χ0n) is 8.40. The molecule has 0 aliphatic carbocycles. The Morgan fingerprint density at radius 2 is 2.07 bits per heavy atom. The molecule has 3 heteroatoms. The van der Waals surface area contributed by atoms with Crippen molar-refractivity contribution in [2.45, 2.75) is 0 Å². The molecule has 0 aliphatic heterocycles. The lowest BCUT2D eigenvalue weighted by molar-refractivity contribution is -0.104. The average molecular weight is 195 g/mol. The Labute approximate surface area is 83.6 Å². The quantitative estimate of drug-likeness (QED) is 0.684. The maximum Gasteiger partial charge on any atom is 0.117 e. The number of hydrogen-bond donors (Lipinski definition) is 0. The van der Waals surface area contributed by atoms with Gasteiger partial charge < -0.3 is 4.84 Å². The highest BCUT2D eigenvalue weighted by Gasteiger charge is 2.00. The highest BCUT2D eigenvalue weighted by molar-refractivity contribution is 5.50. The number of nitrogens with zero attached hydrogens (tertiary/aromatic N) is 1. The maximum atomic E-state index is 13.3. The molecule has 0 bridgehead atoms. The molecule has 0 aromatic heterocycles. The van der Waals surface area contributed by atoms with Crippen LogP contribution in [0, 0.1) is 0 Å². The van der Waals surface area contributed by atoms with Crippen LogP contribution in [0.2, 0.25) is 0 Å². The zero-order valence-corrected chi connectivity index (χ0v) is 8.40. The van der Waals surface area contributed by atoms with Crippen LogP contribution < -0.4 is 0 Å². The van der Waals surface area contributed by atoms with Crippen molar-refractivity contribution >= 4 is 6.08 Å². The van der Waals surface area contributed by atoms with Crippen molar-refractivity contribution in [2.75, 3.05) is 20.7 Å². The molecule has 0 aliphatic rings. The predicted molar refractivity (Wildman–Crippen MR) is 55.2 cm³/mol. The summed E-state index contributed by atoms with van der Waals surface area (Å²) in [5.74, 6) is -0.222. The molecule has 0 saturated carbocycles. The van der Waals surface area contributed by atoms with Crippen molar-refractivity contribution in [2.24, 2.45) is 0 Å². The number of likely N-dealkylation sites (N-methyl/N-ethyl adjacent to an activating group) is 1. The van der Waals surface area contributed by atoms with Crippen LogP contribution in [-0.4, -0.2) is 25.8 Å². The molecule has 1 aromatic rings. The fourth-order valence-corrected chi connectivity index (χ4v) is 1.05. The standard InChI is InChI=1S/C11H14FNO/c1-13(14-2)9-11(12)8-10-6-4-3-5-7-10/h3-8H,9H2,1-2H3/b11-8-. The summed E-state index contributed by atoms with van der Waals surface area (Å²) in [6.07, 6.45) is 1.50. The second-order valence-electron chi connectivity index (χ2n) is 2.97. The summed E-state index contributed by atoms with van der Waals surface area (Å²) in [6.45, 7) is 0.158. The first kappa shape index (κ1) is 10.9. The van der Waals surface area contributed by atoms with Gasteiger partial charge in [0.05, 0.1) is 13.7 Å². The van der Waals surface area contributed by atoms with Gasteiger partial charge in [-0.3, -0.25) is 0 Å². The lowest BCUT2D eigenvalue weighted by Crippen LogP contribution is -2.18. The van der Waals surface area contributed by atoms with Crippen molar-refractivity contribution in [3.05, 3.63) is 41.7 Å². The van der Waals surface area contributed by atoms with Gasteiger partial charge in [0.2, 0.25) is 0 Å². The molecule has 0 atom stereocenters. The van der Waals surface area contributed by atoms with E-state index in [-0.39, 0.29) is 12.4 Å². The summed E-state index contributed by atoms with van der Waals surface area (Å²) in [4.78, 5) is 4.81. The molecule has 0 heterocycles. The second kappa shape index (κ2) is 5.52. The summed E-state index contributed by atoms with van der Waals surface area (Å²) >= 11 is 0. The van der Waals surface area contributed by atoms with Crippen molar-refractivity contribution < 1.29 is 9.23 Å². The van der Waals surface area contributed by atoms with Crippen LogP contribution >= 0.6 is 0 Å². The van der Waals surface area contributed by atoms with Gasteiger partial charge in [0.1, 0.15) is 5.83 Å². The predicted octanol–water partition coefficient (Wildman–Crippen LogP) is 2.49. The van der Waals surface area contributed by atoms with Crippen molar-refractivity contribution in [1.82, 2.24) is 5.06 Å². The van der Waals surface area contributed by atoms with Gasteiger partial charge >= 0.3 is 0 Å². The first-order chi connectivity index (χ1) is 6.72. The molecule has 1 rings (SSSR count). The van der Waals surface area contributed by atoms with E-state index in [2.05, 4.69) is 0 Å². The van der Waals surface area contributed by atoms with E-state index in [1.165, 1.54) is 18.2 Å². The highest BCUT2D eigenvalue weighted by Crippen LogP contribution is 2.08. The monoisotopic (exact) mass is 195 g/mol. The average Bonchev–Trinajstić information content (AvgIpc) is 2.19. The number of hydrogen-bond acceptors (Lipinski definition) is 2. The maximum absolute atomic E-state index is 13.3. The molecule has 0 radical (unpaired) electrons. The van der Waals surface area contributed by atoms with Gasteiger partial charge in [0.25, 0.3) is 0 Å². The second-order valence-corrected chi connectivity index (χ2v) is 2.97. The lowest BCUT2D eigenvalue weighted by atomic mass is 10.2. The molecule has 0 fully saturated rings. The van der Waals surface area contributed by atoms with Crippen molar-refractivity contribution in [3.8, 4) is 0 Å². The first-order valence-electron chi connectivity index (χ1n) is 4.38. The van der Waals surface area contributed by atoms with Gasteiger partial charge in [0.15, 0.2) is 0 Å². The Hall–Kier alpha value is -1.19. The third-order valence-corrected chi connectivity index (χ3v) is 1.81. The minimum absolute atomic E-state index is 0.158. The van der Waals surface area contributed by atoms with Crippen LogP contribution in [0.15, 0.2) is 36.2 Å². The summed E-state index contributed by atoms with van der Waals surface area (Å²) < 4.78 is 13.3. The van der Waals surface area contributed by atoms with Crippen LogP contribution in [0.1, 0.15) is 5.56 Å². The number of halogens is 1. The van der Waals surface area contributed by atoms with E-state index in [0.29, 0.717) is 0 Å². The zero-order chi connectivity index (χ0) is 10.4. The molecular weight excluding hydrogens is 181 g/mol. The van der Waals surface area contributed by atoms with Crippen LogP contribution in [0.4, 0.5) is 4.39 Å². The molecular formula is C11H14FNO. The van der Waals surface area contributed by atoms with E-state index in [1.807, 2.05) is 30.3 Å². The third-order valence-electron chi connectivity index (χ3n) is 1.81. The van der Waals surface area contributed by atoms with E-state index in [9.17, 15) is 4.39 Å². The Balaban J connectivity index is 2.60. The molecule has 76 valence electrons. The van der Waals surface area contributed by atoms with E-state index >= 15 is 0 Å². The minimum atomic E-state index is -0.222. The van der Waals surface area contributed by atoms with Crippen LogP contribution in [0.25, 0.3) is 6.08 Å². The highest BCUT2D eigenvalue weighted by atomic mass is 19.1. The summed E-state index contributed by atoms with van der Waals surface area (Å²) in [5, 5.41) is 1.43. The molecule has 0 amide bonds. The van der Waals surface area contributed by atoms with Crippen molar-refractivity contribution in [3.63, 3.8) is 0 Å². The van der Waals surface area contributed by atoms with E-state index in [0.717, 1.165) is 5.56 Å². The van der Waals surface area contributed by atoms with Gasteiger partial charge in [0, 0.05) is 7.05 Å². The SMILES string of the molecule is CON(C)C/C(F)=C/c1ccccc1. The van der Waals surface area contributed by atoms with Gasteiger partial charge in [-0.15, -0.1) is 0 Å². The summed E-state index contributed by atoms with van der Waals surface area (Å²) in [7, 11) is 3.19. The topological polar surface area (TPSA) is 12.5 Å². The van der Waals surface area contributed by atoms with Gasteiger partial charge in [-0.2, -0.15) is 5.06 Å². The number of benzene rings is 1. The molecule has 1 aromatic carbocycles. The Kier molecular flexibility index (Phi) is 4.29. The molecule has 0 unspecified atom stereocenters. The van der Waals surface area contributed by atoms with E-state index in [4.69, 9.17) is 4.84 Å². The minimum Gasteiger partial charge on any atom is -0.302 e. The summed E-state index contributed by atoms with van der Waals surface area (Å²) in [5.41, 5.74) is 0.856. The smallest absolute Gasteiger partial charge is 0.117 e. The number of rotatable bonds is 4. The Morgan fingerprint density at radius 1 is 1.43 bits per heavy atom. The van der Waals surface area contributed by atoms with Gasteiger partial charge in [-0.1, -0.05) is 30.3 Å². The fourth-order valence-electron chi connectivity index (χ4n) is 1.05. The Morgan fingerprint density at radius 3 is 2.64 bits per heavy atom. The van der Waals surface area contributed by atoms with Gasteiger partial charge in [-0.25, -0.2) is 4.39 Å². The van der Waals surface area contributed by atoms with Crippen LogP contribution in [0.3, 0.4) is 0 Å². The first-order valence-corrected chi connectivity index (χ1v) is 4.38. The number of hydroxylamine groups is 2.